The van der Waals surface area contributed by atoms with Crippen LogP contribution < -0.4 is 10.6 Å². The van der Waals surface area contributed by atoms with Crippen molar-refractivity contribution < 1.29 is 38.1 Å². The molecule has 0 aliphatic rings. The van der Waals surface area contributed by atoms with E-state index < -0.39 is 6.09 Å². The zero-order valence-electron chi connectivity index (χ0n) is 17.7. The summed E-state index contributed by atoms with van der Waals surface area (Å²) >= 11 is 0. The molecule has 0 aromatic heterocycles. The molecule has 0 unspecified atom stereocenters. The summed E-state index contributed by atoms with van der Waals surface area (Å²) in [5.41, 5.74) is 0.868. The maximum absolute atomic E-state index is 11.7. The van der Waals surface area contributed by atoms with Gasteiger partial charge in [-0.1, -0.05) is 30.3 Å². The predicted octanol–water partition coefficient (Wildman–Crippen LogP) is 0.684. The van der Waals surface area contributed by atoms with Gasteiger partial charge in [-0.2, -0.15) is 0 Å². The van der Waals surface area contributed by atoms with E-state index >= 15 is 0 Å². The molecule has 31 heavy (non-hydrogen) atoms. The molecule has 1 aromatic carbocycles. The number of rotatable bonds is 19. The molecule has 1 rings (SSSR count). The number of benzene rings is 1. The Hall–Kier alpha value is -2.53. The molecule has 0 saturated carbocycles. The average Bonchev–Trinajstić information content (AvgIpc) is 2.79. The fourth-order valence-corrected chi connectivity index (χ4v) is 2.14. The second kappa shape index (κ2) is 19.4. The predicted molar refractivity (Wildman–Crippen MR) is 112 cm³/mol. The van der Waals surface area contributed by atoms with Crippen LogP contribution in [0.15, 0.2) is 30.3 Å². The van der Waals surface area contributed by atoms with Crippen molar-refractivity contribution in [2.75, 3.05) is 65.9 Å². The lowest BCUT2D eigenvalue weighted by Gasteiger charge is -2.09. The number of aldehydes is 1. The molecule has 0 atom stereocenters. The van der Waals surface area contributed by atoms with E-state index in [2.05, 4.69) is 10.6 Å². The molecule has 2 amide bonds. The first-order valence-corrected chi connectivity index (χ1v) is 10.2. The lowest BCUT2D eigenvalue weighted by molar-refractivity contribution is -0.120. The lowest BCUT2D eigenvalue weighted by Crippen LogP contribution is -2.38. The Bertz CT molecular complexity index is 600. The fraction of sp³-hybridized carbons (Fsp3) is 0.571. The highest BCUT2D eigenvalue weighted by Gasteiger charge is 2.06. The number of carbonyl (C=O) groups excluding carboxylic acids is 3. The first-order valence-electron chi connectivity index (χ1n) is 10.2. The van der Waals surface area contributed by atoms with E-state index in [1.54, 1.807) is 0 Å². The maximum atomic E-state index is 11.7. The van der Waals surface area contributed by atoms with E-state index in [0.717, 1.165) is 11.8 Å². The van der Waals surface area contributed by atoms with Gasteiger partial charge in [0.05, 0.1) is 59.4 Å². The van der Waals surface area contributed by atoms with Crippen LogP contribution in [0.3, 0.4) is 0 Å². The van der Waals surface area contributed by atoms with Crippen LogP contribution in [0.5, 0.6) is 0 Å². The van der Waals surface area contributed by atoms with Crippen molar-refractivity contribution in [2.45, 2.75) is 13.0 Å². The molecule has 10 heteroatoms. The topological polar surface area (TPSA) is 121 Å². The Kier molecular flexibility index (Phi) is 16.6. The molecule has 1 aromatic rings. The Morgan fingerprint density at radius 1 is 0.774 bits per heavy atom. The fourth-order valence-electron chi connectivity index (χ4n) is 2.14. The van der Waals surface area contributed by atoms with Crippen LogP contribution in [-0.4, -0.2) is 84.2 Å². The quantitative estimate of drug-likeness (QED) is 0.238. The molecule has 0 saturated heterocycles. The first kappa shape index (κ1) is 26.5. The standard InChI is InChI=1S/C21H32N2O8/c24-8-4-9-27-11-13-29-15-16-30-14-12-28-10-7-22-20(25)17-23-21(26)31-18-19-5-2-1-3-6-19/h1-3,5-6,8H,4,7,9-18H2,(H,22,25)(H,23,26). The van der Waals surface area contributed by atoms with Crippen LogP contribution in [0, 0.1) is 0 Å². The molecule has 10 nitrogen and oxygen atoms in total. The molecule has 0 aliphatic heterocycles. The number of amides is 2. The summed E-state index contributed by atoms with van der Waals surface area (Å²) in [5, 5.41) is 5.02. The summed E-state index contributed by atoms with van der Waals surface area (Å²) in [7, 11) is 0. The zero-order chi connectivity index (χ0) is 22.4. The van der Waals surface area contributed by atoms with Crippen LogP contribution in [0.4, 0.5) is 4.79 Å². The molecule has 0 fully saturated rings. The number of alkyl carbamates (subject to hydrolysis) is 1. The second-order valence-electron chi connectivity index (χ2n) is 6.17. The number of ether oxygens (including phenoxy) is 5. The smallest absolute Gasteiger partial charge is 0.407 e. The first-order chi connectivity index (χ1) is 15.2. The maximum Gasteiger partial charge on any atom is 0.407 e. The minimum atomic E-state index is -0.651. The summed E-state index contributed by atoms with van der Waals surface area (Å²) in [6.45, 7) is 3.68. The molecule has 0 aliphatic carbocycles. The highest BCUT2D eigenvalue weighted by atomic mass is 16.6. The van der Waals surface area contributed by atoms with E-state index in [1.165, 1.54) is 0 Å². The lowest BCUT2D eigenvalue weighted by atomic mass is 10.2. The summed E-state index contributed by atoms with van der Waals surface area (Å²) in [5.74, 6) is -0.330. The largest absolute Gasteiger partial charge is 0.445 e. The zero-order valence-corrected chi connectivity index (χ0v) is 17.7. The van der Waals surface area contributed by atoms with Gasteiger partial charge in [0, 0.05) is 13.0 Å². The highest BCUT2D eigenvalue weighted by Crippen LogP contribution is 2.00. The van der Waals surface area contributed by atoms with E-state index in [1.807, 2.05) is 30.3 Å². The summed E-state index contributed by atoms with van der Waals surface area (Å²) in [4.78, 5) is 33.3. The van der Waals surface area contributed by atoms with Crippen molar-refractivity contribution in [3.8, 4) is 0 Å². The van der Waals surface area contributed by atoms with Gasteiger partial charge in [-0.05, 0) is 5.56 Å². The van der Waals surface area contributed by atoms with E-state index in [0.29, 0.717) is 65.8 Å². The van der Waals surface area contributed by atoms with Gasteiger partial charge in [0.15, 0.2) is 0 Å². The Balaban J connectivity index is 1.82. The third kappa shape index (κ3) is 16.9. The Morgan fingerprint density at radius 2 is 1.35 bits per heavy atom. The second-order valence-corrected chi connectivity index (χ2v) is 6.17. The SMILES string of the molecule is O=CCCOCCOCCOCCOCCNC(=O)CNC(=O)OCc1ccccc1. The van der Waals surface area contributed by atoms with Crippen LogP contribution in [0.25, 0.3) is 0 Å². The van der Waals surface area contributed by atoms with E-state index in [4.69, 9.17) is 23.7 Å². The summed E-state index contributed by atoms with van der Waals surface area (Å²) < 4.78 is 26.1. The van der Waals surface area contributed by atoms with Crippen molar-refractivity contribution in [1.82, 2.24) is 10.6 Å². The summed E-state index contributed by atoms with van der Waals surface area (Å²) in [6, 6.07) is 9.27. The van der Waals surface area contributed by atoms with Crippen molar-refractivity contribution in [3.05, 3.63) is 35.9 Å². The average molecular weight is 440 g/mol. The van der Waals surface area contributed by atoms with Gasteiger partial charge in [-0.15, -0.1) is 0 Å². The molecule has 0 heterocycles. The molecular weight excluding hydrogens is 408 g/mol. The van der Waals surface area contributed by atoms with Crippen molar-refractivity contribution in [1.29, 1.82) is 0 Å². The highest BCUT2D eigenvalue weighted by molar-refractivity contribution is 5.82. The number of nitrogens with one attached hydrogen (secondary N) is 2. The molecular formula is C21H32N2O8. The van der Waals surface area contributed by atoms with E-state index in [-0.39, 0.29) is 19.1 Å². The van der Waals surface area contributed by atoms with Gasteiger partial charge in [0.25, 0.3) is 0 Å². The van der Waals surface area contributed by atoms with Gasteiger partial charge < -0.3 is 39.1 Å². The number of hydrogen-bond acceptors (Lipinski definition) is 8. The number of carbonyl (C=O) groups is 3. The van der Waals surface area contributed by atoms with Crippen LogP contribution >= 0.6 is 0 Å². The van der Waals surface area contributed by atoms with Crippen molar-refractivity contribution in [3.63, 3.8) is 0 Å². The molecule has 174 valence electrons. The van der Waals surface area contributed by atoms with Gasteiger partial charge in [0.1, 0.15) is 12.9 Å². The van der Waals surface area contributed by atoms with Crippen LogP contribution in [0.2, 0.25) is 0 Å². The molecule has 0 spiro atoms. The molecule has 2 N–H and O–H groups in total. The summed E-state index contributed by atoms with van der Waals surface area (Å²) in [6.07, 6.45) is 0.559. The normalized spacial score (nSPS) is 10.5. The van der Waals surface area contributed by atoms with Crippen LogP contribution in [0.1, 0.15) is 12.0 Å². The van der Waals surface area contributed by atoms with Gasteiger partial charge in [-0.25, -0.2) is 4.79 Å². The van der Waals surface area contributed by atoms with Gasteiger partial charge >= 0.3 is 6.09 Å². The molecule has 0 bridgehead atoms. The minimum absolute atomic E-state index is 0.146. The van der Waals surface area contributed by atoms with E-state index in [9.17, 15) is 14.4 Å². The third-order valence-electron chi connectivity index (χ3n) is 3.67. The number of hydrogen-bond donors (Lipinski definition) is 2. The van der Waals surface area contributed by atoms with Crippen molar-refractivity contribution >= 4 is 18.3 Å². The Labute approximate surface area is 182 Å². The third-order valence-corrected chi connectivity index (χ3v) is 3.67. The monoisotopic (exact) mass is 440 g/mol. The van der Waals surface area contributed by atoms with Gasteiger partial charge in [-0.3, -0.25) is 4.79 Å². The van der Waals surface area contributed by atoms with Crippen LogP contribution in [-0.2, 0) is 39.9 Å². The Morgan fingerprint density at radius 3 is 1.97 bits per heavy atom. The van der Waals surface area contributed by atoms with Gasteiger partial charge in [0.2, 0.25) is 5.91 Å². The minimum Gasteiger partial charge on any atom is -0.445 e. The molecule has 0 radical (unpaired) electrons. The van der Waals surface area contributed by atoms with Crippen molar-refractivity contribution in [2.24, 2.45) is 0 Å².